The van der Waals surface area contributed by atoms with E-state index in [1.165, 1.54) is 0 Å². The summed E-state index contributed by atoms with van der Waals surface area (Å²) in [5.74, 6) is 0.486. The highest BCUT2D eigenvalue weighted by Crippen LogP contribution is 2.15. The summed E-state index contributed by atoms with van der Waals surface area (Å²) in [4.78, 5) is 16.3. The van der Waals surface area contributed by atoms with Crippen molar-refractivity contribution >= 4 is 17.3 Å². The molecule has 0 saturated carbocycles. The van der Waals surface area contributed by atoms with Gasteiger partial charge in [-0.15, -0.1) is 0 Å². The van der Waals surface area contributed by atoms with Crippen molar-refractivity contribution in [2.24, 2.45) is 0 Å². The minimum absolute atomic E-state index is 0.0251. The van der Waals surface area contributed by atoms with Crippen LogP contribution < -0.4 is 15.4 Å². The number of pyridine rings is 1. The molecule has 5 nitrogen and oxygen atoms in total. The zero-order chi connectivity index (χ0) is 18.2. The number of hydrogen-bond acceptors (Lipinski definition) is 4. The first-order valence-corrected chi connectivity index (χ1v) is 8.42. The van der Waals surface area contributed by atoms with Crippen LogP contribution in [0.15, 0.2) is 72.9 Å². The van der Waals surface area contributed by atoms with Gasteiger partial charge in [0, 0.05) is 17.6 Å². The molecule has 0 spiro atoms. The van der Waals surface area contributed by atoms with Crippen LogP contribution in [0.4, 0.5) is 11.4 Å². The molecule has 3 aromatic rings. The fraction of sp³-hybridized carbons (Fsp3) is 0.143. The lowest BCUT2D eigenvalue weighted by Crippen LogP contribution is -2.20. The lowest BCUT2D eigenvalue weighted by atomic mass is 10.2. The van der Waals surface area contributed by atoms with Gasteiger partial charge in [0.05, 0.1) is 12.2 Å². The Morgan fingerprint density at radius 2 is 1.69 bits per heavy atom. The van der Waals surface area contributed by atoms with Crippen LogP contribution in [0.1, 0.15) is 11.3 Å². The molecule has 3 rings (SSSR count). The van der Waals surface area contributed by atoms with Crippen molar-refractivity contribution in [1.82, 2.24) is 4.98 Å². The number of rotatable bonds is 7. The lowest BCUT2D eigenvalue weighted by molar-refractivity contribution is -0.118. The van der Waals surface area contributed by atoms with Crippen molar-refractivity contribution in [2.75, 3.05) is 17.2 Å². The van der Waals surface area contributed by atoms with Crippen molar-refractivity contribution in [2.45, 2.75) is 13.5 Å². The van der Waals surface area contributed by atoms with E-state index >= 15 is 0 Å². The summed E-state index contributed by atoms with van der Waals surface area (Å²) in [5.41, 5.74) is 3.81. The highest BCUT2D eigenvalue weighted by atomic mass is 16.5. The van der Waals surface area contributed by atoms with Crippen LogP contribution in [0.5, 0.6) is 5.75 Å². The summed E-state index contributed by atoms with van der Waals surface area (Å²) in [7, 11) is 0. The number of ether oxygens (including phenoxy) is 1. The van der Waals surface area contributed by atoms with Gasteiger partial charge >= 0.3 is 0 Å². The zero-order valence-electron chi connectivity index (χ0n) is 14.6. The van der Waals surface area contributed by atoms with Crippen molar-refractivity contribution in [3.8, 4) is 5.75 Å². The molecule has 0 saturated heterocycles. The summed E-state index contributed by atoms with van der Waals surface area (Å²) >= 11 is 0. The standard InChI is InChI=1S/C21H21N3O2/c1-16-5-11-20(12-6-16)26-15-21(25)24-18-9-7-17(8-10-18)23-14-19-4-2-3-13-22-19/h2-13,23H,14-15H2,1H3,(H,24,25). The summed E-state index contributed by atoms with van der Waals surface area (Å²) < 4.78 is 5.47. The molecule has 0 aliphatic heterocycles. The molecule has 0 unspecified atom stereocenters. The largest absolute Gasteiger partial charge is 0.484 e. The Morgan fingerprint density at radius 3 is 2.38 bits per heavy atom. The Labute approximate surface area is 153 Å². The number of benzene rings is 2. The molecule has 0 aliphatic carbocycles. The van der Waals surface area contributed by atoms with E-state index in [4.69, 9.17) is 4.74 Å². The van der Waals surface area contributed by atoms with Gasteiger partial charge in [-0.1, -0.05) is 23.8 Å². The molecule has 0 aliphatic rings. The number of aryl methyl sites for hydroxylation is 1. The molecular formula is C21H21N3O2. The van der Waals surface area contributed by atoms with Crippen LogP contribution in [-0.2, 0) is 11.3 Å². The van der Waals surface area contributed by atoms with Crippen LogP contribution in [0.25, 0.3) is 0 Å². The molecule has 1 aromatic heterocycles. The number of nitrogens with zero attached hydrogens (tertiary/aromatic N) is 1. The maximum absolute atomic E-state index is 12.0. The van der Waals surface area contributed by atoms with Crippen molar-refractivity contribution in [1.29, 1.82) is 0 Å². The second kappa shape index (κ2) is 8.67. The van der Waals surface area contributed by atoms with Gasteiger partial charge in [-0.05, 0) is 55.5 Å². The first-order valence-electron chi connectivity index (χ1n) is 8.42. The SMILES string of the molecule is Cc1ccc(OCC(=O)Nc2ccc(NCc3ccccn3)cc2)cc1. The molecule has 0 bridgehead atoms. The van der Waals surface area contributed by atoms with Gasteiger partial charge in [-0.3, -0.25) is 9.78 Å². The Hall–Kier alpha value is -3.34. The quantitative estimate of drug-likeness (QED) is 0.678. The van der Waals surface area contributed by atoms with Gasteiger partial charge in [-0.25, -0.2) is 0 Å². The van der Waals surface area contributed by atoms with E-state index in [1.54, 1.807) is 6.20 Å². The van der Waals surface area contributed by atoms with Crippen LogP contribution in [0.3, 0.4) is 0 Å². The van der Waals surface area contributed by atoms with Gasteiger partial charge in [0.25, 0.3) is 5.91 Å². The molecule has 5 heteroatoms. The Bertz CT molecular complexity index is 831. The Morgan fingerprint density at radius 1 is 0.962 bits per heavy atom. The van der Waals surface area contributed by atoms with E-state index in [0.29, 0.717) is 12.3 Å². The van der Waals surface area contributed by atoms with Crippen molar-refractivity contribution in [3.05, 3.63) is 84.2 Å². The minimum Gasteiger partial charge on any atom is -0.484 e. The summed E-state index contributed by atoms with van der Waals surface area (Å²) in [6.45, 7) is 2.63. The van der Waals surface area contributed by atoms with Gasteiger partial charge in [0.2, 0.25) is 0 Å². The average Bonchev–Trinajstić information content (AvgIpc) is 2.68. The lowest BCUT2D eigenvalue weighted by Gasteiger charge is -2.09. The number of anilines is 2. The van der Waals surface area contributed by atoms with E-state index in [2.05, 4.69) is 15.6 Å². The zero-order valence-corrected chi connectivity index (χ0v) is 14.6. The van der Waals surface area contributed by atoms with Crippen LogP contribution in [0, 0.1) is 6.92 Å². The third-order valence-electron chi connectivity index (χ3n) is 3.76. The number of aromatic nitrogens is 1. The van der Waals surface area contributed by atoms with Crippen LogP contribution in [-0.4, -0.2) is 17.5 Å². The molecule has 0 radical (unpaired) electrons. The molecule has 132 valence electrons. The predicted octanol–water partition coefficient (Wildman–Crippen LogP) is 4.02. The van der Waals surface area contributed by atoms with Gasteiger partial charge < -0.3 is 15.4 Å². The first-order chi connectivity index (χ1) is 12.7. The second-order valence-electron chi connectivity index (χ2n) is 5.90. The number of carbonyl (C=O) groups is 1. The van der Waals surface area contributed by atoms with Gasteiger partial charge in [0.1, 0.15) is 5.75 Å². The van der Waals surface area contributed by atoms with Crippen molar-refractivity contribution < 1.29 is 9.53 Å². The Balaban J connectivity index is 1.45. The predicted molar refractivity (Wildman–Crippen MR) is 103 cm³/mol. The van der Waals surface area contributed by atoms with Crippen LogP contribution in [0.2, 0.25) is 0 Å². The molecule has 2 aromatic carbocycles. The molecule has 0 fully saturated rings. The summed E-state index contributed by atoms with van der Waals surface area (Å²) in [5, 5.41) is 6.11. The third kappa shape index (κ3) is 5.34. The first kappa shape index (κ1) is 17.5. The summed E-state index contributed by atoms with van der Waals surface area (Å²) in [6, 6.07) is 21.0. The molecule has 1 amide bonds. The van der Waals surface area contributed by atoms with Crippen LogP contribution >= 0.6 is 0 Å². The van der Waals surface area contributed by atoms with Crippen molar-refractivity contribution in [3.63, 3.8) is 0 Å². The third-order valence-corrected chi connectivity index (χ3v) is 3.76. The van der Waals surface area contributed by atoms with E-state index in [9.17, 15) is 4.79 Å². The van der Waals surface area contributed by atoms with E-state index < -0.39 is 0 Å². The highest BCUT2D eigenvalue weighted by Gasteiger charge is 2.04. The molecule has 0 atom stereocenters. The Kier molecular flexibility index (Phi) is 5.83. The number of carbonyl (C=O) groups excluding carboxylic acids is 1. The van der Waals surface area contributed by atoms with E-state index in [-0.39, 0.29) is 12.5 Å². The highest BCUT2D eigenvalue weighted by molar-refractivity contribution is 5.92. The number of amides is 1. The van der Waals surface area contributed by atoms with Gasteiger partial charge in [-0.2, -0.15) is 0 Å². The monoisotopic (exact) mass is 347 g/mol. The van der Waals surface area contributed by atoms with E-state index in [1.807, 2.05) is 73.7 Å². The molecular weight excluding hydrogens is 326 g/mol. The molecule has 1 heterocycles. The van der Waals surface area contributed by atoms with Gasteiger partial charge in [0.15, 0.2) is 6.61 Å². The second-order valence-corrected chi connectivity index (χ2v) is 5.90. The smallest absolute Gasteiger partial charge is 0.262 e. The fourth-order valence-electron chi connectivity index (χ4n) is 2.35. The number of hydrogen-bond donors (Lipinski definition) is 2. The summed E-state index contributed by atoms with van der Waals surface area (Å²) in [6.07, 6.45) is 1.77. The molecule has 26 heavy (non-hydrogen) atoms. The maximum atomic E-state index is 12.0. The topological polar surface area (TPSA) is 63.2 Å². The maximum Gasteiger partial charge on any atom is 0.262 e. The average molecular weight is 347 g/mol. The van der Waals surface area contributed by atoms with E-state index in [0.717, 1.165) is 22.6 Å². The fourth-order valence-corrected chi connectivity index (χ4v) is 2.35. The molecule has 2 N–H and O–H groups in total. The normalized spacial score (nSPS) is 10.2. The number of nitrogens with one attached hydrogen (secondary N) is 2. The minimum atomic E-state index is -0.195.